The lowest BCUT2D eigenvalue weighted by atomic mass is 10.0. The first-order valence-electron chi connectivity index (χ1n) is 14.5. The van der Waals surface area contributed by atoms with E-state index in [-0.39, 0.29) is 17.3 Å². The molecule has 2 aromatic heterocycles. The largest absolute Gasteiger partial charge is 0.444 e. The van der Waals surface area contributed by atoms with Crippen molar-refractivity contribution in [1.82, 2.24) is 19.5 Å². The van der Waals surface area contributed by atoms with Gasteiger partial charge in [-0.15, -0.1) is 0 Å². The van der Waals surface area contributed by atoms with E-state index in [1.807, 2.05) is 18.2 Å². The van der Waals surface area contributed by atoms with E-state index >= 15 is 0 Å². The molecule has 4 aromatic rings. The van der Waals surface area contributed by atoms with E-state index < -0.39 is 23.6 Å². The number of likely N-dealkylation sites (tertiary alicyclic amines) is 1. The average molecular weight is 607 g/mol. The van der Waals surface area contributed by atoms with Crippen LogP contribution in [0.1, 0.15) is 78.3 Å². The number of piperidine rings is 1. The van der Waals surface area contributed by atoms with E-state index in [0.717, 1.165) is 28.6 Å². The Bertz CT molecular complexity index is 1780. The lowest BCUT2D eigenvalue weighted by Gasteiger charge is -2.36. The number of primary amides is 1. The SMILES string of the molecule is CC(C)(C)OC(=O)N1CCCC[C@H]1c1nc(-c2ccc(C(=O)Nc3cc(-c4ccc(C#N)cc4)ccn3)cc2)c(C(N)=O)n1N. The van der Waals surface area contributed by atoms with Gasteiger partial charge in [0.05, 0.1) is 17.7 Å². The van der Waals surface area contributed by atoms with Crippen molar-refractivity contribution in [2.24, 2.45) is 5.73 Å². The molecule has 12 nitrogen and oxygen atoms in total. The fourth-order valence-corrected chi connectivity index (χ4v) is 5.24. The third-order valence-corrected chi connectivity index (χ3v) is 7.37. The van der Waals surface area contributed by atoms with Crippen LogP contribution in [0.2, 0.25) is 0 Å². The van der Waals surface area contributed by atoms with Gasteiger partial charge in [-0.05, 0) is 87.6 Å². The van der Waals surface area contributed by atoms with Crippen molar-refractivity contribution in [2.45, 2.75) is 51.7 Å². The number of ether oxygens (including phenoxy) is 1. The molecule has 0 bridgehead atoms. The van der Waals surface area contributed by atoms with Gasteiger partial charge in [0.15, 0.2) is 11.5 Å². The second kappa shape index (κ2) is 12.5. The van der Waals surface area contributed by atoms with Gasteiger partial charge in [0.25, 0.3) is 11.8 Å². The summed E-state index contributed by atoms with van der Waals surface area (Å²) in [5.41, 5.74) is 8.42. The minimum atomic E-state index is -0.777. The monoisotopic (exact) mass is 606 g/mol. The summed E-state index contributed by atoms with van der Waals surface area (Å²) in [6.45, 7) is 5.85. The standard InChI is InChI=1S/C33H34N8O4/c1-33(2,3)45-32(44)40-17-5-4-6-25(40)30-39-27(28(29(35)42)41(30)36)22-11-13-23(14-12-22)31(43)38-26-18-24(15-16-37-26)21-9-7-20(19-34)8-10-21/h7-16,18,25H,4-6,17,36H2,1-3H3,(H2,35,42)(H,37,38,43)/t25-/m0/s1. The van der Waals surface area contributed by atoms with Gasteiger partial charge >= 0.3 is 6.09 Å². The number of hydrogen-bond donors (Lipinski definition) is 3. The summed E-state index contributed by atoms with van der Waals surface area (Å²) in [6, 6.07) is 18.8. The van der Waals surface area contributed by atoms with Gasteiger partial charge < -0.3 is 21.6 Å². The molecule has 5 N–H and O–H groups in total. The zero-order chi connectivity index (χ0) is 32.3. The van der Waals surface area contributed by atoms with E-state index in [1.165, 1.54) is 0 Å². The Hall–Kier alpha value is -5.70. The van der Waals surface area contributed by atoms with Crippen molar-refractivity contribution in [3.05, 3.63) is 89.5 Å². The highest BCUT2D eigenvalue weighted by Crippen LogP contribution is 2.34. The van der Waals surface area contributed by atoms with Gasteiger partial charge in [-0.2, -0.15) is 5.26 Å². The molecule has 1 fully saturated rings. The van der Waals surface area contributed by atoms with Crippen LogP contribution in [0.15, 0.2) is 66.9 Å². The van der Waals surface area contributed by atoms with E-state index in [0.29, 0.717) is 41.3 Å². The fourth-order valence-electron chi connectivity index (χ4n) is 5.24. The van der Waals surface area contributed by atoms with Gasteiger partial charge in [0.2, 0.25) is 0 Å². The number of imidazole rings is 1. The third kappa shape index (κ3) is 6.78. The Kier molecular flexibility index (Phi) is 8.54. The Morgan fingerprint density at radius 3 is 2.33 bits per heavy atom. The number of hydrogen-bond acceptors (Lipinski definition) is 8. The second-order valence-electron chi connectivity index (χ2n) is 11.7. The van der Waals surface area contributed by atoms with Crippen LogP contribution >= 0.6 is 0 Å². The Morgan fingerprint density at radius 1 is 1.00 bits per heavy atom. The first-order chi connectivity index (χ1) is 21.4. The van der Waals surface area contributed by atoms with Crippen molar-refractivity contribution in [2.75, 3.05) is 17.7 Å². The minimum absolute atomic E-state index is 0.0132. The first-order valence-corrected chi connectivity index (χ1v) is 14.5. The fraction of sp³-hybridized carbons (Fsp3) is 0.273. The van der Waals surface area contributed by atoms with E-state index in [9.17, 15) is 14.4 Å². The summed E-state index contributed by atoms with van der Waals surface area (Å²) < 4.78 is 6.77. The van der Waals surface area contributed by atoms with Crippen LogP contribution in [0.25, 0.3) is 22.4 Å². The molecule has 1 atom stereocenters. The lowest BCUT2D eigenvalue weighted by molar-refractivity contribution is 0.00821. The molecular formula is C33H34N8O4. The Morgan fingerprint density at radius 2 is 1.69 bits per heavy atom. The molecule has 3 amide bonds. The third-order valence-electron chi connectivity index (χ3n) is 7.37. The number of rotatable bonds is 6. The molecule has 1 aliphatic heterocycles. The van der Waals surface area contributed by atoms with Crippen LogP contribution in [0.5, 0.6) is 0 Å². The van der Waals surface area contributed by atoms with Crippen molar-refractivity contribution < 1.29 is 19.1 Å². The number of anilines is 1. The van der Waals surface area contributed by atoms with Crippen LogP contribution in [-0.4, -0.2) is 49.6 Å². The molecule has 5 rings (SSSR count). The number of carbonyl (C=O) groups is 3. The van der Waals surface area contributed by atoms with Gasteiger partial charge in [-0.25, -0.2) is 19.4 Å². The highest BCUT2D eigenvalue weighted by atomic mass is 16.6. The number of pyridine rings is 1. The maximum atomic E-state index is 13.1. The number of aromatic nitrogens is 3. The zero-order valence-corrected chi connectivity index (χ0v) is 25.3. The number of amides is 3. The summed E-state index contributed by atoms with van der Waals surface area (Å²) >= 11 is 0. The number of nitriles is 1. The Balaban J connectivity index is 1.38. The van der Waals surface area contributed by atoms with Crippen LogP contribution in [0.4, 0.5) is 10.6 Å². The Labute approximate surface area is 260 Å². The topological polar surface area (TPSA) is 182 Å². The molecule has 0 unspecified atom stereocenters. The summed E-state index contributed by atoms with van der Waals surface area (Å²) in [5.74, 6) is 5.90. The van der Waals surface area contributed by atoms with E-state index in [2.05, 4.69) is 16.4 Å². The van der Waals surface area contributed by atoms with Gasteiger partial charge in [0, 0.05) is 23.9 Å². The maximum Gasteiger partial charge on any atom is 0.410 e. The predicted octanol–water partition coefficient (Wildman–Crippen LogP) is 5.01. The van der Waals surface area contributed by atoms with Gasteiger partial charge in [-0.3, -0.25) is 14.5 Å². The summed E-state index contributed by atoms with van der Waals surface area (Å²) in [6.07, 6.45) is 3.34. The summed E-state index contributed by atoms with van der Waals surface area (Å²) in [4.78, 5) is 49.2. The summed E-state index contributed by atoms with van der Waals surface area (Å²) in [7, 11) is 0. The molecule has 2 aromatic carbocycles. The van der Waals surface area contributed by atoms with Gasteiger partial charge in [0.1, 0.15) is 17.1 Å². The van der Waals surface area contributed by atoms with Crippen molar-refractivity contribution in [1.29, 1.82) is 5.26 Å². The smallest absolute Gasteiger partial charge is 0.410 e. The molecule has 12 heteroatoms. The van der Waals surface area contributed by atoms with Crippen molar-refractivity contribution in [3.8, 4) is 28.5 Å². The number of nitrogens with zero attached hydrogens (tertiary/aromatic N) is 5. The molecule has 0 aliphatic carbocycles. The molecule has 3 heterocycles. The number of nitrogens with one attached hydrogen (secondary N) is 1. The predicted molar refractivity (Wildman–Crippen MR) is 168 cm³/mol. The second-order valence-corrected chi connectivity index (χ2v) is 11.7. The van der Waals surface area contributed by atoms with Gasteiger partial charge in [-0.1, -0.05) is 24.3 Å². The van der Waals surface area contributed by atoms with E-state index in [1.54, 1.807) is 74.3 Å². The highest BCUT2D eigenvalue weighted by Gasteiger charge is 2.36. The van der Waals surface area contributed by atoms with Crippen LogP contribution in [0.3, 0.4) is 0 Å². The average Bonchev–Trinajstić information content (AvgIpc) is 3.37. The molecular weight excluding hydrogens is 572 g/mol. The highest BCUT2D eigenvalue weighted by molar-refractivity contribution is 6.04. The van der Waals surface area contributed by atoms with Crippen molar-refractivity contribution >= 4 is 23.7 Å². The molecule has 1 saturated heterocycles. The number of benzene rings is 2. The van der Waals surface area contributed by atoms with Crippen LogP contribution < -0.4 is 16.9 Å². The van der Waals surface area contributed by atoms with Crippen molar-refractivity contribution in [3.63, 3.8) is 0 Å². The normalized spacial score (nSPS) is 14.8. The number of carbonyl (C=O) groups excluding carboxylic acids is 3. The lowest BCUT2D eigenvalue weighted by Crippen LogP contribution is -2.43. The van der Waals surface area contributed by atoms with E-state index in [4.69, 9.17) is 26.6 Å². The molecule has 0 saturated carbocycles. The number of nitrogen functional groups attached to an aromatic ring is 1. The van der Waals surface area contributed by atoms with Crippen LogP contribution in [-0.2, 0) is 4.74 Å². The zero-order valence-electron chi connectivity index (χ0n) is 25.3. The minimum Gasteiger partial charge on any atom is -0.444 e. The molecule has 230 valence electrons. The summed E-state index contributed by atoms with van der Waals surface area (Å²) in [5, 5.41) is 11.8. The molecule has 0 spiro atoms. The molecule has 0 radical (unpaired) electrons. The first kappa shape index (κ1) is 30.7. The van der Waals surface area contributed by atoms with Crippen LogP contribution in [0, 0.1) is 11.3 Å². The maximum absolute atomic E-state index is 13.1. The molecule has 1 aliphatic rings. The molecule has 45 heavy (non-hydrogen) atoms. The number of nitrogens with two attached hydrogens (primary N) is 2. The quantitative estimate of drug-likeness (QED) is 0.256.